The van der Waals surface area contributed by atoms with Crippen molar-refractivity contribution in [3.8, 4) is 11.8 Å². The lowest BCUT2D eigenvalue weighted by atomic mass is 9.59. The minimum Gasteiger partial charge on any atom is -0.494 e. The molecule has 194 valence electrons. The molecular weight excluding hydrogens is 464 g/mol. The van der Waals surface area contributed by atoms with Crippen molar-refractivity contribution >= 4 is 11.8 Å². The molecule has 1 N–H and O–H groups in total. The SMILES string of the molecule is [C-]#[N+]c1ccc(OCCCN2CCC(C(C#N)(c3ccccc3)[C@H]3CCC[C@@H]3OC(=O)NC)CC2)cc1. The summed E-state index contributed by atoms with van der Waals surface area (Å²) < 4.78 is 11.6. The highest BCUT2D eigenvalue weighted by molar-refractivity contribution is 5.67. The van der Waals surface area contributed by atoms with Gasteiger partial charge in [0.25, 0.3) is 0 Å². The highest BCUT2D eigenvalue weighted by Crippen LogP contribution is 2.50. The molecule has 1 aliphatic carbocycles. The Morgan fingerprint density at radius 3 is 2.51 bits per heavy atom. The van der Waals surface area contributed by atoms with E-state index in [9.17, 15) is 10.1 Å². The topological polar surface area (TPSA) is 78.9 Å². The largest absolute Gasteiger partial charge is 0.494 e. The monoisotopic (exact) mass is 500 g/mol. The smallest absolute Gasteiger partial charge is 0.407 e. The van der Waals surface area contributed by atoms with Crippen LogP contribution in [0.1, 0.15) is 44.1 Å². The number of hydrogen-bond donors (Lipinski definition) is 1. The van der Waals surface area contributed by atoms with E-state index in [1.165, 1.54) is 0 Å². The quantitative estimate of drug-likeness (QED) is 0.353. The van der Waals surface area contributed by atoms with E-state index in [-0.39, 0.29) is 17.9 Å². The van der Waals surface area contributed by atoms with Crippen molar-refractivity contribution in [1.29, 1.82) is 5.26 Å². The molecule has 37 heavy (non-hydrogen) atoms. The van der Waals surface area contributed by atoms with Gasteiger partial charge in [-0.05, 0) is 75.2 Å². The highest BCUT2D eigenvalue weighted by atomic mass is 16.6. The molecule has 2 aromatic carbocycles. The average molecular weight is 501 g/mol. The Balaban J connectivity index is 1.39. The van der Waals surface area contributed by atoms with Crippen LogP contribution in [0.2, 0.25) is 0 Å². The van der Waals surface area contributed by atoms with Crippen molar-refractivity contribution in [2.75, 3.05) is 33.3 Å². The second-order valence-electron chi connectivity index (χ2n) is 10.0. The molecule has 3 atom stereocenters. The fourth-order valence-electron chi connectivity index (χ4n) is 6.20. The third-order valence-electron chi connectivity index (χ3n) is 8.02. The lowest BCUT2D eigenvalue weighted by molar-refractivity contribution is 0.0322. The van der Waals surface area contributed by atoms with Crippen LogP contribution in [0.5, 0.6) is 5.75 Å². The zero-order valence-electron chi connectivity index (χ0n) is 21.6. The maximum Gasteiger partial charge on any atom is 0.407 e. The van der Waals surface area contributed by atoms with Gasteiger partial charge in [-0.3, -0.25) is 0 Å². The molecule has 0 aromatic heterocycles. The molecular formula is C30H36N4O3. The number of likely N-dealkylation sites (tertiary alicyclic amines) is 1. The molecule has 2 aliphatic rings. The van der Waals surface area contributed by atoms with E-state index < -0.39 is 11.5 Å². The van der Waals surface area contributed by atoms with Gasteiger partial charge in [-0.2, -0.15) is 5.26 Å². The summed E-state index contributed by atoms with van der Waals surface area (Å²) in [7, 11) is 1.58. The molecule has 7 heteroatoms. The van der Waals surface area contributed by atoms with Crippen molar-refractivity contribution in [2.45, 2.75) is 50.0 Å². The number of nitrogens with one attached hydrogen (secondary N) is 1. The Kier molecular flexibility index (Phi) is 9.04. The average Bonchev–Trinajstić information content (AvgIpc) is 3.41. The lowest BCUT2D eigenvalue weighted by Gasteiger charge is -2.45. The van der Waals surface area contributed by atoms with Gasteiger partial charge in [-0.1, -0.05) is 42.5 Å². The third-order valence-corrected chi connectivity index (χ3v) is 8.02. The number of carbonyl (C=O) groups excluding carboxylic acids is 1. The first-order valence-corrected chi connectivity index (χ1v) is 13.3. The van der Waals surface area contributed by atoms with Crippen LogP contribution in [0.4, 0.5) is 10.5 Å². The first kappa shape index (κ1) is 26.5. The number of rotatable bonds is 9. The Morgan fingerprint density at radius 2 is 1.86 bits per heavy atom. The molecule has 1 amide bonds. The van der Waals surface area contributed by atoms with Crippen LogP contribution in [-0.2, 0) is 10.2 Å². The third kappa shape index (κ3) is 6.06. The van der Waals surface area contributed by atoms with E-state index in [1.54, 1.807) is 19.2 Å². The van der Waals surface area contributed by atoms with Crippen LogP contribution < -0.4 is 10.1 Å². The highest BCUT2D eigenvalue weighted by Gasteiger charge is 2.53. The van der Waals surface area contributed by atoms with E-state index in [4.69, 9.17) is 16.0 Å². The van der Waals surface area contributed by atoms with Gasteiger partial charge in [-0.15, -0.1) is 0 Å². The molecule has 1 heterocycles. The van der Waals surface area contributed by atoms with Crippen LogP contribution >= 0.6 is 0 Å². The predicted molar refractivity (Wildman–Crippen MR) is 142 cm³/mol. The van der Waals surface area contributed by atoms with E-state index in [0.717, 1.165) is 69.5 Å². The van der Waals surface area contributed by atoms with Gasteiger partial charge < -0.3 is 19.7 Å². The summed E-state index contributed by atoms with van der Waals surface area (Å²) in [6, 6.07) is 20.2. The summed E-state index contributed by atoms with van der Waals surface area (Å²) in [4.78, 5) is 18.0. The minimum absolute atomic E-state index is 0.0172. The van der Waals surface area contributed by atoms with Crippen molar-refractivity contribution in [3.05, 3.63) is 71.6 Å². The number of hydrogen-bond acceptors (Lipinski definition) is 5. The van der Waals surface area contributed by atoms with Crippen LogP contribution in [0, 0.1) is 29.7 Å². The summed E-state index contributed by atoms with van der Waals surface area (Å²) in [6.07, 6.45) is 4.76. The van der Waals surface area contributed by atoms with E-state index in [1.807, 2.05) is 30.3 Å². The Bertz CT molecular complexity index is 1100. The van der Waals surface area contributed by atoms with Crippen molar-refractivity contribution in [2.24, 2.45) is 11.8 Å². The second-order valence-corrected chi connectivity index (χ2v) is 10.0. The van der Waals surface area contributed by atoms with Gasteiger partial charge in [0.15, 0.2) is 5.69 Å². The van der Waals surface area contributed by atoms with Gasteiger partial charge in [-0.25, -0.2) is 9.64 Å². The molecule has 0 bridgehead atoms. The summed E-state index contributed by atoms with van der Waals surface area (Å²) in [5.41, 5.74) is 0.984. The zero-order chi connectivity index (χ0) is 26.1. The standard InChI is InChI=1S/C30H36N4O3/c1-32-25-12-14-26(15-13-25)36-21-7-18-34-19-16-24(17-20-34)30(22-31,23-8-4-3-5-9-23)27-10-6-11-28(27)37-29(35)33-2/h3-5,8-9,12-15,24,27-28H,6-7,10-11,16-21H2,2H3,(H,33,35)/t27-,28-,30?/m0/s1. The molecule has 1 saturated carbocycles. The van der Waals surface area contributed by atoms with Crippen LogP contribution in [0.3, 0.4) is 0 Å². The maximum atomic E-state index is 12.1. The Morgan fingerprint density at radius 1 is 1.14 bits per heavy atom. The van der Waals surface area contributed by atoms with Gasteiger partial charge in [0.05, 0.1) is 24.7 Å². The van der Waals surface area contributed by atoms with Gasteiger partial charge in [0.1, 0.15) is 11.9 Å². The number of piperidine rings is 1. The number of benzene rings is 2. The van der Waals surface area contributed by atoms with E-state index in [2.05, 4.69) is 33.3 Å². The molecule has 0 spiro atoms. The van der Waals surface area contributed by atoms with Gasteiger partial charge in [0, 0.05) is 19.5 Å². The molecule has 4 rings (SSSR count). The summed E-state index contributed by atoms with van der Waals surface area (Å²) in [6.45, 7) is 10.5. The number of alkyl carbamates (subject to hydrolysis) is 1. The fraction of sp³-hybridized carbons (Fsp3) is 0.500. The van der Waals surface area contributed by atoms with Crippen molar-refractivity contribution in [1.82, 2.24) is 10.2 Å². The fourth-order valence-corrected chi connectivity index (χ4v) is 6.20. The molecule has 1 saturated heterocycles. The van der Waals surface area contributed by atoms with E-state index >= 15 is 0 Å². The molecule has 0 radical (unpaired) electrons. The number of carbonyl (C=O) groups is 1. The lowest BCUT2D eigenvalue weighted by Crippen LogP contribution is -2.50. The predicted octanol–water partition coefficient (Wildman–Crippen LogP) is 5.70. The zero-order valence-corrected chi connectivity index (χ0v) is 21.6. The summed E-state index contributed by atoms with van der Waals surface area (Å²) in [5, 5.41) is 13.4. The molecule has 1 aliphatic heterocycles. The maximum absolute atomic E-state index is 12.1. The number of ether oxygens (including phenoxy) is 2. The van der Waals surface area contributed by atoms with Crippen LogP contribution in [0.25, 0.3) is 4.85 Å². The number of amides is 1. The van der Waals surface area contributed by atoms with Crippen LogP contribution in [-0.4, -0.2) is 50.4 Å². The molecule has 7 nitrogen and oxygen atoms in total. The van der Waals surface area contributed by atoms with Crippen LogP contribution in [0.15, 0.2) is 54.6 Å². The van der Waals surface area contributed by atoms with Gasteiger partial charge in [0.2, 0.25) is 0 Å². The molecule has 1 unspecified atom stereocenters. The van der Waals surface area contributed by atoms with Gasteiger partial charge >= 0.3 is 6.09 Å². The number of nitrogens with zero attached hydrogens (tertiary/aromatic N) is 3. The minimum atomic E-state index is -0.677. The summed E-state index contributed by atoms with van der Waals surface area (Å²) in [5.74, 6) is 0.974. The first-order valence-electron chi connectivity index (χ1n) is 13.3. The Hall–Kier alpha value is -3.55. The summed E-state index contributed by atoms with van der Waals surface area (Å²) >= 11 is 0. The van der Waals surface area contributed by atoms with Crippen molar-refractivity contribution in [3.63, 3.8) is 0 Å². The molecule has 2 fully saturated rings. The first-order chi connectivity index (χ1) is 18.1. The molecule has 2 aromatic rings. The normalized spacial score (nSPS) is 21.8. The number of nitriles is 1. The second kappa shape index (κ2) is 12.6. The van der Waals surface area contributed by atoms with E-state index in [0.29, 0.717) is 12.3 Å². The Labute approximate surface area is 220 Å². The van der Waals surface area contributed by atoms with Crippen molar-refractivity contribution < 1.29 is 14.3 Å².